The Bertz CT molecular complexity index is 1180. The molecule has 0 atom stereocenters. The minimum Gasteiger partial charge on any atom is -0.369 e. The number of hydrogen-bond acceptors (Lipinski definition) is 8. The molecule has 1 aliphatic heterocycles. The van der Waals surface area contributed by atoms with Gasteiger partial charge in [0.05, 0.1) is 5.39 Å². The first-order valence-electron chi connectivity index (χ1n) is 11.5. The van der Waals surface area contributed by atoms with Crippen molar-refractivity contribution in [1.82, 2.24) is 34.8 Å². The van der Waals surface area contributed by atoms with E-state index in [2.05, 4.69) is 74.8 Å². The quantitative estimate of drug-likeness (QED) is 0.392. The van der Waals surface area contributed by atoms with Crippen LogP contribution >= 0.6 is 11.3 Å². The van der Waals surface area contributed by atoms with E-state index in [4.69, 9.17) is 4.98 Å². The first-order chi connectivity index (χ1) is 15.8. The summed E-state index contributed by atoms with van der Waals surface area (Å²) in [5, 5.41) is 17.0. The van der Waals surface area contributed by atoms with Crippen LogP contribution in [0, 0.1) is 0 Å². The molecule has 0 radical (unpaired) electrons. The summed E-state index contributed by atoms with van der Waals surface area (Å²) in [6.45, 7) is 11.6. The zero-order valence-corrected chi connectivity index (χ0v) is 19.6. The summed E-state index contributed by atoms with van der Waals surface area (Å²) in [5.41, 5.74) is 2.77. The Hall–Kier alpha value is -2.62. The smallest absolute Gasteiger partial charge is 0.276 e. The zero-order valence-electron chi connectivity index (χ0n) is 18.8. The van der Waals surface area contributed by atoms with Crippen LogP contribution in [-0.2, 0) is 19.5 Å². The number of hydrogen-bond donors (Lipinski definition) is 1. The molecule has 9 heteroatoms. The van der Waals surface area contributed by atoms with Gasteiger partial charge in [-0.05, 0) is 54.0 Å². The summed E-state index contributed by atoms with van der Waals surface area (Å²) in [6, 6.07) is 10.7. The highest BCUT2D eigenvalue weighted by Crippen LogP contribution is 2.38. The number of aromatic nitrogens is 5. The highest BCUT2D eigenvalue weighted by Gasteiger charge is 2.25. The number of nitrogens with one attached hydrogen (secondary N) is 1. The van der Waals surface area contributed by atoms with E-state index in [1.165, 1.54) is 21.4 Å². The van der Waals surface area contributed by atoms with Crippen LogP contribution in [0.5, 0.6) is 0 Å². The van der Waals surface area contributed by atoms with Crippen molar-refractivity contribution in [3.63, 3.8) is 0 Å². The van der Waals surface area contributed by atoms with Crippen LogP contribution in [0.1, 0.15) is 36.3 Å². The Labute approximate surface area is 192 Å². The molecule has 4 aromatic rings. The molecule has 1 aliphatic rings. The van der Waals surface area contributed by atoms with E-state index in [-0.39, 0.29) is 0 Å². The second kappa shape index (κ2) is 9.48. The van der Waals surface area contributed by atoms with E-state index in [1.54, 1.807) is 15.9 Å². The van der Waals surface area contributed by atoms with Crippen LogP contribution in [0.3, 0.4) is 0 Å². The lowest BCUT2D eigenvalue weighted by Crippen LogP contribution is -2.29. The number of nitrogens with zero attached hydrogens (tertiary/aromatic N) is 7. The first kappa shape index (κ1) is 21.2. The van der Waals surface area contributed by atoms with E-state index in [0.29, 0.717) is 5.78 Å². The highest BCUT2D eigenvalue weighted by atomic mass is 32.1. The number of rotatable bonds is 9. The van der Waals surface area contributed by atoms with Crippen molar-refractivity contribution in [3.8, 4) is 0 Å². The Balaban J connectivity index is 1.40. The van der Waals surface area contributed by atoms with Crippen molar-refractivity contribution in [3.05, 3.63) is 46.3 Å². The average molecular weight is 451 g/mol. The maximum atomic E-state index is 4.78. The van der Waals surface area contributed by atoms with Crippen LogP contribution in [-0.4, -0.2) is 67.5 Å². The van der Waals surface area contributed by atoms with Gasteiger partial charge in [0.1, 0.15) is 10.6 Å². The highest BCUT2D eigenvalue weighted by molar-refractivity contribution is 7.19. The third-order valence-corrected chi connectivity index (χ3v) is 7.49. The summed E-state index contributed by atoms with van der Waals surface area (Å²) in [6.07, 6.45) is 2.10. The summed E-state index contributed by atoms with van der Waals surface area (Å²) in [5.74, 6) is 1.49. The SMILES string of the molecule is CCN(CC)CCCNc1nc2nnnn2c2sc3c(c12)CCN(Cc1ccccc1)C3. The summed E-state index contributed by atoms with van der Waals surface area (Å²) in [4.78, 5) is 12.2. The molecule has 3 aromatic heterocycles. The Morgan fingerprint density at radius 2 is 2.00 bits per heavy atom. The molecule has 0 saturated carbocycles. The van der Waals surface area contributed by atoms with Gasteiger partial charge in [-0.15, -0.1) is 11.3 Å². The van der Waals surface area contributed by atoms with Crippen LogP contribution in [0.15, 0.2) is 30.3 Å². The predicted octanol–water partition coefficient (Wildman–Crippen LogP) is 3.44. The third kappa shape index (κ3) is 4.20. The van der Waals surface area contributed by atoms with Crippen LogP contribution in [0.25, 0.3) is 16.0 Å². The largest absolute Gasteiger partial charge is 0.369 e. The van der Waals surface area contributed by atoms with Crippen molar-refractivity contribution in [2.75, 3.05) is 38.0 Å². The van der Waals surface area contributed by atoms with Gasteiger partial charge < -0.3 is 10.2 Å². The molecular formula is C23H30N8S. The van der Waals surface area contributed by atoms with Gasteiger partial charge in [-0.25, -0.2) is 0 Å². The number of fused-ring (bicyclic) bond motifs is 5. The maximum Gasteiger partial charge on any atom is 0.276 e. The van der Waals surface area contributed by atoms with E-state index >= 15 is 0 Å². The van der Waals surface area contributed by atoms with Crippen LogP contribution in [0.4, 0.5) is 5.82 Å². The van der Waals surface area contributed by atoms with E-state index < -0.39 is 0 Å². The number of thiophene rings is 1. The molecule has 4 heterocycles. The summed E-state index contributed by atoms with van der Waals surface area (Å²) in [7, 11) is 0. The molecule has 0 aliphatic carbocycles. The van der Waals surface area contributed by atoms with Crippen LogP contribution in [0.2, 0.25) is 0 Å². The molecule has 0 unspecified atom stereocenters. The lowest BCUT2D eigenvalue weighted by Gasteiger charge is -2.27. The molecule has 0 amide bonds. The molecule has 0 fully saturated rings. The van der Waals surface area contributed by atoms with Crippen molar-refractivity contribution < 1.29 is 0 Å². The van der Waals surface area contributed by atoms with Crippen molar-refractivity contribution in [2.24, 2.45) is 0 Å². The van der Waals surface area contributed by atoms with Crippen molar-refractivity contribution in [2.45, 2.75) is 39.8 Å². The normalized spacial score (nSPS) is 14.5. The second-order valence-corrected chi connectivity index (χ2v) is 9.37. The first-order valence-corrected chi connectivity index (χ1v) is 12.3. The van der Waals surface area contributed by atoms with E-state index in [0.717, 1.165) is 69.3 Å². The van der Waals surface area contributed by atoms with Crippen molar-refractivity contribution in [1.29, 1.82) is 0 Å². The van der Waals surface area contributed by atoms with Crippen molar-refractivity contribution >= 4 is 33.1 Å². The zero-order chi connectivity index (χ0) is 21.9. The van der Waals surface area contributed by atoms with Gasteiger partial charge in [0, 0.05) is 31.1 Å². The molecule has 0 spiro atoms. The number of tetrazole rings is 1. The van der Waals surface area contributed by atoms with Gasteiger partial charge in [0.2, 0.25) is 0 Å². The topological polar surface area (TPSA) is 74.5 Å². The average Bonchev–Trinajstić information content (AvgIpc) is 3.44. The van der Waals surface area contributed by atoms with Crippen LogP contribution < -0.4 is 5.32 Å². The lowest BCUT2D eigenvalue weighted by atomic mass is 10.0. The minimum atomic E-state index is 0.559. The molecule has 5 rings (SSSR count). The molecule has 32 heavy (non-hydrogen) atoms. The van der Waals surface area contributed by atoms with E-state index in [1.807, 2.05) is 0 Å². The van der Waals surface area contributed by atoms with Gasteiger partial charge in [0.15, 0.2) is 0 Å². The fourth-order valence-corrected chi connectivity index (χ4v) is 5.86. The summed E-state index contributed by atoms with van der Waals surface area (Å²) >= 11 is 1.80. The van der Waals surface area contributed by atoms with Gasteiger partial charge >= 0.3 is 0 Å². The third-order valence-electron chi connectivity index (χ3n) is 6.30. The fourth-order valence-electron chi connectivity index (χ4n) is 4.53. The van der Waals surface area contributed by atoms with Gasteiger partial charge in [0.25, 0.3) is 5.78 Å². The molecule has 0 saturated heterocycles. The second-order valence-electron chi connectivity index (χ2n) is 8.29. The molecule has 1 aromatic carbocycles. The van der Waals surface area contributed by atoms with E-state index in [9.17, 15) is 0 Å². The molecule has 0 bridgehead atoms. The molecular weight excluding hydrogens is 420 g/mol. The molecule has 8 nitrogen and oxygen atoms in total. The van der Waals surface area contributed by atoms with Gasteiger partial charge in [-0.3, -0.25) is 4.90 Å². The standard InChI is InChI=1S/C23H30N8S/c1-3-29(4-2)13-8-12-24-21-20-18-11-14-30(15-17-9-6-5-7-10-17)16-19(18)32-22(20)31-23(25-21)26-27-28-31/h5-7,9-10H,3-4,8,11-16H2,1-2H3,(H,24,25,26,28). The Kier molecular flexibility index (Phi) is 6.29. The number of benzene rings is 1. The minimum absolute atomic E-state index is 0.559. The Morgan fingerprint density at radius 3 is 2.81 bits per heavy atom. The van der Waals surface area contributed by atoms with Gasteiger partial charge in [-0.1, -0.05) is 49.3 Å². The Morgan fingerprint density at radius 1 is 1.16 bits per heavy atom. The van der Waals surface area contributed by atoms with Gasteiger partial charge in [-0.2, -0.15) is 9.50 Å². The summed E-state index contributed by atoms with van der Waals surface area (Å²) < 4.78 is 1.79. The lowest BCUT2D eigenvalue weighted by molar-refractivity contribution is 0.249. The molecule has 168 valence electrons. The maximum absolute atomic E-state index is 4.78. The predicted molar refractivity (Wildman–Crippen MR) is 129 cm³/mol. The number of anilines is 1. The fraction of sp³-hybridized carbons (Fsp3) is 0.478. The monoisotopic (exact) mass is 450 g/mol. The molecule has 1 N–H and O–H groups in total.